The van der Waals surface area contributed by atoms with Crippen LogP contribution in [0.2, 0.25) is 0 Å². The van der Waals surface area contributed by atoms with Gasteiger partial charge in [-0.05, 0) is 31.4 Å². The Bertz CT molecular complexity index is 634. The number of halogens is 1. The molecule has 1 saturated carbocycles. The van der Waals surface area contributed by atoms with Crippen LogP contribution in [0.4, 0.5) is 4.39 Å². The maximum atomic E-state index is 13.5. The molecular weight excluding hydrogens is 269 g/mol. The van der Waals surface area contributed by atoms with Gasteiger partial charge in [0.25, 0.3) is 0 Å². The molecule has 0 aliphatic heterocycles. The first-order chi connectivity index (χ1) is 10.2. The molecule has 1 aliphatic carbocycles. The Balaban J connectivity index is 1.91. The predicted molar refractivity (Wildman–Crippen MR) is 78.8 cm³/mol. The summed E-state index contributed by atoms with van der Waals surface area (Å²) in [6.45, 7) is 2.67. The molecule has 1 aliphatic rings. The van der Waals surface area contributed by atoms with E-state index in [2.05, 4.69) is 17.0 Å². The van der Waals surface area contributed by atoms with Gasteiger partial charge in [0, 0.05) is 19.0 Å². The first-order valence-electron chi connectivity index (χ1n) is 7.52. The van der Waals surface area contributed by atoms with Gasteiger partial charge in [0.05, 0.1) is 12.2 Å². The molecule has 1 aromatic heterocycles. The fourth-order valence-electron chi connectivity index (χ4n) is 2.33. The minimum absolute atomic E-state index is 0.302. The van der Waals surface area contributed by atoms with E-state index in [4.69, 9.17) is 4.74 Å². The molecule has 0 N–H and O–H groups in total. The number of aromatic nitrogens is 3. The van der Waals surface area contributed by atoms with Crippen LogP contribution in [0.1, 0.15) is 44.3 Å². The molecule has 0 bridgehead atoms. The summed E-state index contributed by atoms with van der Waals surface area (Å²) < 4.78 is 21.0. The second-order valence-electron chi connectivity index (χ2n) is 5.53. The van der Waals surface area contributed by atoms with E-state index in [1.807, 2.05) is 11.7 Å². The van der Waals surface area contributed by atoms with Crippen molar-refractivity contribution in [3.05, 3.63) is 29.8 Å². The maximum Gasteiger partial charge on any atom is 0.185 e. The number of benzene rings is 1. The highest BCUT2D eigenvalue weighted by atomic mass is 19.1. The van der Waals surface area contributed by atoms with Gasteiger partial charge in [-0.1, -0.05) is 13.3 Å². The molecule has 0 radical (unpaired) electrons. The van der Waals surface area contributed by atoms with Crippen molar-refractivity contribution in [3.8, 4) is 17.1 Å². The first kappa shape index (κ1) is 14.0. The zero-order valence-corrected chi connectivity index (χ0v) is 12.5. The summed E-state index contributed by atoms with van der Waals surface area (Å²) >= 11 is 0. The molecule has 1 heterocycles. The van der Waals surface area contributed by atoms with Crippen LogP contribution < -0.4 is 4.74 Å². The third kappa shape index (κ3) is 3.06. The van der Waals surface area contributed by atoms with E-state index in [0.717, 1.165) is 24.2 Å². The summed E-state index contributed by atoms with van der Waals surface area (Å²) in [5, 5.41) is 4.46. The Morgan fingerprint density at radius 2 is 2.19 bits per heavy atom. The molecule has 21 heavy (non-hydrogen) atoms. The maximum absolute atomic E-state index is 13.5. The van der Waals surface area contributed by atoms with E-state index in [0.29, 0.717) is 24.1 Å². The van der Waals surface area contributed by atoms with Crippen LogP contribution in [-0.4, -0.2) is 21.4 Å². The second-order valence-corrected chi connectivity index (χ2v) is 5.53. The summed E-state index contributed by atoms with van der Waals surface area (Å²) in [5.74, 6) is 2.38. The van der Waals surface area contributed by atoms with Crippen molar-refractivity contribution in [2.75, 3.05) is 6.61 Å². The summed E-state index contributed by atoms with van der Waals surface area (Å²) in [7, 11) is 1.91. The number of ether oxygens (including phenoxy) is 1. The first-order valence-corrected chi connectivity index (χ1v) is 7.52. The summed E-state index contributed by atoms with van der Waals surface area (Å²) in [6.07, 6.45) is 4.34. The van der Waals surface area contributed by atoms with Crippen LogP contribution in [0.5, 0.6) is 5.75 Å². The van der Waals surface area contributed by atoms with Gasteiger partial charge < -0.3 is 4.74 Å². The summed E-state index contributed by atoms with van der Waals surface area (Å²) in [6, 6.07) is 4.54. The van der Waals surface area contributed by atoms with Crippen molar-refractivity contribution in [1.29, 1.82) is 0 Å². The topological polar surface area (TPSA) is 39.9 Å². The Kier molecular flexibility index (Phi) is 3.90. The Morgan fingerprint density at radius 1 is 1.38 bits per heavy atom. The molecule has 0 atom stereocenters. The van der Waals surface area contributed by atoms with Gasteiger partial charge in [0.1, 0.15) is 17.4 Å². The van der Waals surface area contributed by atoms with E-state index < -0.39 is 0 Å². The van der Waals surface area contributed by atoms with Gasteiger partial charge in [-0.2, -0.15) is 5.10 Å². The summed E-state index contributed by atoms with van der Waals surface area (Å²) in [5.41, 5.74) is 0.759. The molecule has 0 amide bonds. The average Bonchev–Trinajstić information content (AvgIpc) is 3.23. The van der Waals surface area contributed by atoms with Crippen LogP contribution >= 0.6 is 0 Å². The van der Waals surface area contributed by atoms with E-state index in [1.54, 1.807) is 6.07 Å². The molecule has 2 aromatic rings. The van der Waals surface area contributed by atoms with Gasteiger partial charge in [-0.3, -0.25) is 4.68 Å². The van der Waals surface area contributed by atoms with Crippen molar-refractivity contribution in [2.45, 2.75) is 38.5 Å². The summed E-state index contributed by atoms with van der Waals surface area (Å²) in [4.78, 5) is 4.61. The van der Waals surface area contributed by atoms with Crippen molar-refractivity contribution in [2.24, 2.45) is 7.05 Å². The fourth-order valence-corrected chi connectivity index (χ4v) is 2.33. The zero-order chi connectivity index (χ0) is 14.8. The molecular formula is C16H20FN3O. The Hall–Kier alpha value is -1.91. The number of nitrogens with zero attached hydrogens (tertiary/aromatic N) is 3. The number of hydrogen-bond donors (Lipinski definition) is 0. The number of aryl methyl sites for hydroxylation is 1. The van der Waals surface area contributed by atoms with Gasteiger partial charge >= 0.3 is 0 Å². The van der Waals surface area contributed by atoms with E-state index in [9.17, 15) is 4.39 Å². The highest BCUT2D eigenvalue weighted by Gasteiger charge is 2.29. The SMILES string of the molecule is CCCCOc1cc(F)ccc1-c1nc(C2CC2)n(C)n1. The van der Waals surface area contributed by atoms with Crippen LogP contribution in [0.15, 0.2) is 18.2 Å². The van der Waals surface area contributed by atoms with Crippen LogP contribution in [-0.2, 0) is 7.05 Å². The highest BCUT2D eigenvalue weighted by Crippen LogP contribution is 2.40. The van der Waals surface area contributed by atoms with E-state index >= 15 is 0 Å². The molecule has 0 unspecified atom stereocenters. The van der Waals surface area contributed by atoms with Crippen molar-refractivity contribution in [3.63, 3.8) is 0 Å². The zero-order valence-electron chi connectivity index (χ0n) is 12.5. The van der Waals surface area contributed by atoms with Crippen LogP contribution in [0.25, 0.3) is 11.4 Å². The molecule has 3 rings (SSSR count). The molecule has 0 spiro atoms. The van der Waals surface area contributed by atoms with Gasteiger partial charge in [0.2, 0.25) is 0 Å². The van der Waals surface area contributed by atoms with Crippen LogP contribution in [0, 0.1) is 5.82 Å². The van der Waals surface area contributed by atoms with Crippen molar-refractivity contribution >= 4 is 0 Å². The number of hydrogen-bond acceptors (Lipinski definition) is 3. The lowest BCUT2D eigenvalue weighted by Gasteiger charge is -2.09. The van der Waals surface area contributed by atoms with Crippen molar-refractivity contribution < 1.29 is 9.13 Å². The molecule has 112 valence electrons. The number of rotatable bonds is 6. The van der Waals surface area contributed by atoms with E-state index in [1.165, 1.54) is 25.0 Å². The monoisotopic (exact) mass is 289 g/mol. The fraction of sp³-hybridized carbons (Fsp3) is 0.500. The quantitative estimate of drug-likeness (QED) is 0.762. The Labute approximate surface area is 124 Å². The minimum Gasteiger partial charge on any atom is -0.493 e. The largest absolute Gasteiger partial charge is 0.493 e. The lowest BCUT2D eigenvalue weighted by Crippen LogP contribution is -1.99. The molecule has 5 heteroatoms. The van der Waals surface area contributed by atoms with Gasteiger partial charge in [-0.25, -0.2) is 9.37 Å². The predicted octanol–water partition coefficient (Wildman–Crippen LogP) is 3.68. The van der Waals surface area contributed by atoms with Crippen LogP contribution in [0.3, 0.4) is 0 Å². The normalized spacial score (nSPS) is 14.4. The molecule has 1 fully saturated rings. The second kappa shape index (κ2) is 5.84. The smallest absolute Gasteiger partial charge is 0.185 e. The van der Waals surface area contributed by atoms with E-state index in [-0.39, 0.29) is 5.82 Å². The number of unbranched alkanes of at least 4 members (excludes halogenated alkanes) is 1. The van der Waals surface area contributed by atoms with Gasteiger partial charge in [-0.15, -0.1) is 0 Å². The third-order valence-electron chi connectivity index (χ3n) is 3.68. The Morgan fingerprint density at radius 3 is 2.90 bits per heavy atom. The highest BCUT2D eigenvalue weighted by molar-refractivity contribution is 5.64. The minimum atomic E-state index is -0.302. The molecule has 4 nitrogen and oxygen atoms in total. The standard InChI is InChI=1S/C16H20FN3O/c1-3-4-9-21-14-10-12(17)7-8-13(14)15-18-16(11-5-6-11)20(2)19-15/h7-8,10-11H,3-6,9H2,1-2H3. The third-order valence-corrected chi connectivity index (χ3v) is 3.68. The van der Waals surface area contributed by atoms with Gasteiger partial charge in [0.15, 0.2) is 5.82 Å². The van der Waals surface area contributed by atoms with Crippen molar-refractivity contribution in [1.82, 2.24) is 14.8 Å². The molecule has 0 saturated heterocycles. The average molecular weight is 289 g/mol. The lowest BCUT2D eigenvalue weighted by molar-refractivity contribution is 0.309. The lowest BCUT2D eigenvalue weighted by atomic mass is 10.2. The molecule has 1 aromatic carbocycles.